The number of benzene rings is 4. The van der Waals surface area contributed by atoms with Crippen LogP contribution in [-0.4, -0.2) is 3.21 Å². The van der Waals surface area contributed by atoms with E-state index in [1.165, 1.54) is 83.0 Å². The molecule has 0 fully saturated rings. The minimum atomic E-state index is -2.63. The molecule has 226 valence electrons. The Morgan fingerprint density at radius 3 is 1.55 bits per heavy atom. The Kier molecular flexibility index (Phi) is 12.4. The molecule has 0 aliphatic heterocycles. The molecule has 0 saturated carbocycles. The smallest absolute Gasteiger partial charge is 1.00 e. The van der Waals surface area contributed by atoms with Crippen molar-refractivity contribution >= 4 is 3.21 Å². The van der Waals surface area contributed by atoms with Crippen molar-refractivity contribution in [3.05, 3.63) is 151 Å². The third-order valence-electron chi connectivity index (χ3n) is 9.12. The van der Waals surface area contributed by atoms with Gasteiger partial charge in [-0.1, -0.05) is 0 Å². The number of allylic oxidation sites excluding steroid dienone is 4. The Hall–Kier alpha value is -2.31. The van der Waals surface area contributed by atoms with Crippen LogP contribution in [0.25, 0.3) is 11.1 Å². The number of rotatable bonds is 10. The molecule has 0 heterocycles. The largest absolute Gasteiger partial charge is 1.00 e. The number of aryl methyl sites for hydroxylation is 4. The van der Waals surface area contributed by atoms with E-state index in [-0.39, 0.29) is 24.8 Å². The number of halogens is 2. The quantitative estimate of drug-likeness (QED) is 0.224. The molecule has 0 unspecified atom stereocenters. The average molecular weight is 699 g/mol. The molecule has 6 rings (SSSR count). The van der Waals surface area contributed by atoms with Crippen molar-refractivity contribution in [3.63, 3.8) is 0 Å². The zero-order valence-corrected chi connectivity index (χ0v) is 30.6. The molecule has 0 atom stereocenters. The summed E-state index contributed by atoms with van der Waals surface area (Å²) in [5, 5.41) is 0. The van der Waals surface area contributed by atoms with E-state index in [0.717, 1.165) is 6.42 Å². The summed E-state index contributed by atoms with van der Waals surface area (Å²) in [7, 11) is 0. The predicted octanol–water partition coefficient (Wildman–Crippen LogP) is 4.80. The number of unbranched alkanes of at least 4 members (excludes halogenated alkanes) is 2. The van der Waals surface area contributed by atoms with Crippen LogP contribution in [0.5, 0.6) is 0 Å². The molecule has 4 aromatic carbocycles. The van der Waals surface area contributed by atoms with E-state index in [1.807, 2.05) is 0 Å². The first kappa shape index (κ1) is 34.6. The van der Waals surface area contributed by atoms with Gasteiger partial charge in [0, 0.05) is 0 Å². The molecule has 0 N–H and O–H groups in total. The fraction of sp³-hybridized carbons (Fsp3) is 0.293. The molecule has 0 bridgehead atoms. The molecule has 0 radical (unpaired) electrons. The number of fused-ring (bicyclic) bond motifs is 3. The average Bonchev–Trinajstić information content (AvgIpc) is 3.65. The maximum Gasteiger partial charge on any atom is -1.00 e. The first-order valence-electron chi connectivity index (χ1n) is 16.1. The minimum Gasteiger partial charge on any atom is -1.00 e. The molecular weight excluding hydrogens is 655 g/mol. The van der Waals surface area contributed by atoms with Crippen LogP contribution in [0.1, 0.15) is 94.1 Å². The second-order valence-corrected chi connectivity index (χ2v) is 18.6. The molecule has 2 aliphatic carbocycles. The standard InChI is InChI=1S/C21H26.C15H13.C5H5.2ClH.Zr/c1-3-5-7-18-9-13-20(14-10-18)17-21-15-11-19(12-16-21)8-6-4-2;1-10-3-5-14-12(7-10)9-13-8-11(2)4-6-15(13)14;1-2-4-5-3-1;;;/h9-16H,3-8H2,1-2H3;3-9H,1-2H3;1-3H,4H2;2*1H;/q;;;;;+2/p-2. The second kappa shape index (κ2) is 15.8. The zero-order chi connectivity index (χ0) is 29.1. The van der Waals surface area contributed by atoms with E-state index in [2.05, 4.69) is 131 Å². The number of hydrogen-bond donors (Lipinski definition) is 0. The maximum atomic E-state index is 2.51. The van der Waals surface area contributed by atoms with Gasteiger partial charge in [0.1, 0.15) is 0 Å². The van der Waals surface area contributed by atoms with Crippen LogP contribution in [0.2, 0.25) is 0 Å². The van der Waals surface area contributed by atoms with Gasteiger partial charge in [-0.15, -0.1) is 0 Å². The Morgan fingerprint density at radius 1 is 0.659 bits per heavy atom. The predicted molar refractivity (Wildman–Crippen MR) is 178 cm³/mol. The van der Waals surface area contributed by atoms with E-state index in [9.17, 15) is 0 Å². The topological polar surface area (TPSA) is 0 Å². The summed E-state index contributed by atoms with van der Waals surface area (Å²) < 4.78 is 3.84. The van der Waals surface area contributed by atoms with Crippen molar-refractivity contribution in [2.45, 2.75) is 76.3 Å². The summed E-state index contributed by atoms with van der Waals surface area (Å²) in [5.74, 6) is 0. The van der Waals surface area contributed by atoms with E-state index in [4.69, 9.17) is 0 Å². The first-order chi connectivity index (χ1) is 20.6. The summed E-state index contributed by atoms with van der Waals surface area (Å²) in [4.78, 5) is 0. The van der Waals surface area contributed by atoms with Crippen molar-refractivity contribution in [1.29, 1.82) is 0 Å². The summed E-state index contributed by atoms with van der Waals surface area (Å²) in [6.45, 7) is 9.10. The third-order valence-corrected chi connectivity index (χ3v) is 17.4. The SMILES string of the molecule is CCCCc1ccc([C](c2ccc(CCCC)cc2)=[Zr+2]([C]2=CC=CC2)[CH]2c3cc(C)ccc3-c3ccc(C)cc32)cc1.[Cl-].[Cl-]. The summed E-state index contributed by atoms with van der Waals surface area (Å²) in [6.07, 6.45) is 15.6. The summed E-state index contributed by atoms with van der Waals surface area (Å²) >= 11 is -2.63. The van der Waals surface area contributed by atoms with Crippen LogP contribution in [-0.2, 0) is 34.1 Å². The van der Waals surface area contributed by atoms with Gasteiger partial charge in [-0.05, 0) is 0 Å². The molecule has 3 heteroatoms. The Labute approximate surface area is 285 Å². The molecule has 44 heavy (non-hydrogen) atoms. The van der Waals surface area contributed by atoms with Gasteiger partial charge in [0.2, 0.25) is 0 Å². The molecular formula is C41H44Cl2Zr. The van der Waals surface area contributed by atoms with Crippen molar-refractivity contribution < 1.29 is 46.1 Å². The van der Waals surface area contributed by atoms with Gasteiger partial charge >= 0.3 is 263 Å². The summed E-state index contributed by atoms with van der Waals surface area (Å²) in [5.41, 5.74) is 14.6. The van der Waals surface area contributed by atoms with E-state index >= 15 is 0 Å². The Balaban J connectivity index is 0.00000221. The van der Waals surface area contributed by atoms with Gasteiger partial charge in [0.25, 0.3) is 0 Å². The molecule has 2 aliphatic rings. The van der Waals surface area contributed by atoms with Gasteiger partial charge in [-0.3, -0.25) is 0 Å². The van der Waals surface area contributed by atoms with Crippen LogP contribution in [0.15, 0.2) is 106 Å². The van der Waals surface area contributed by atoms with Crippen LogP contribution in [0, 0.1) is 13.8 Å². The fourth-order valence-electron chi connectivity index (χ4n) is 6.86. The molecule has 4 aromatic rings. The second-order valence-electron chi connectivity index (χ2n) is 12.3. The molecule has 0 amide bonds. The van der Waals surface area contributed by atoms with E-state index in [1.54, 1.807) is 17.6 Å². The van der Waals surface area contributed by atoms with Crippen LogP contribution >= 0.6 is 0 Å². The van der Waals surface area contributed by atoms with Crippen LogP contribution in [0.4, 0.5) is 0 Å². The molecule has 0 saturated heterocycles. The molecule has 0 nitrogen and oxygen atoms in total. The first-order valence-corrected chi connectivity index (χ1v) is 20.0. The fourth-order valence-corrected chi connectivity index (χ4v) is 15.8. The van der Waals surface area contributed by atoms with Gasteiger partial charge < -0.3 is 24.8 Å². The number of hydrogen-bond acceptors (Lipinski definition) is 0. The monoisotopic (exact) mass is 696 g/mol. The van der Waals surface area contributed by atoms with Gasteiger partial charge in [-0.2, -0.15) is 0 Å². The normalized spacial score (nSPS) is 12.8. The minimum absolute atomic E-state index is 0. The van der Waals surface area contributed by atoms with Gasteiger partial charge in [0.05, 0.1) is 0 Å². The van der Waals surface area contributed by atoms with Crippen molar-refractivity contribution in [2.24, 2.45) is 0 Å². The Bertz CT molecular complexity index is 1570. The third kappa shape index (κ3) is 7.22. The van der Waals surface area contributed by atoms with Gasteiger partial charge in [0.15, 0.2) is 0 Å². The van der Waals surface area contributed by atoms with E-state index in [0.29, 0.717) is 3.63 Å². The van der Waals surface area contributed by atoms with Crippen LogP contribution < -0.4 is 24.8 Å². The zero-order valence-electron chi connectivity index (χ0n) is 26.6. The maximum absolute atomic E-state index is 2.63. The Morgan fingerprint density at radius 2 is 1.14 bits per heavy atom. The molecule has 0 spiro atoms. The summed E-state index contributed by atoms with van der Waals surface area (Å²) in [6, 6.07) is 33.9. The van der Waals surface area contributed by atoms with Gasteiger partial charge in [-0.25, -0.2) is 0 Å². The molecule has 0 aromatic heterocycles. The van der Waals surface area contributed by atoms with Crippen LogP contribution in [0.3, 0.4) is 0 Å². The van der Waals surface area contributed by atoms with Crippen molar-refractivity contribution in [2.75, 3.05) is 0 Å². The van der Waals surface area contributed by atoms with E-state index < -0.39 is 21.3 Å². The van der Waals surface area contributed by atoms with Crippen molar-refractivity contribution in [1.82, 2.24) is 0 Å². The van der Waals surface area contributed by atoms with Crippen molar-refractivity contribution in [3.8, 4) is 11.1 Å².